The van der Waals surface area contributed by atoms with Gasteiger partial charge in [-0.2, -0.15) is 5.10 Å². The molecular weight excluding hydrogens is 310 g/mol. The lowest BCUT2D eigenvalue weighted by atomic mass is 10.2. The molecule has 0 bridgehead atoms. The summed E-state index contributed by atoms with van der Waals surface area (Å²) in [5.41, 5.74) is 3.57. The van der Waals surface area contributed by atoms with Gasteiger partial charge in [0.05, 0.1) is 17.8 Å². The standard InChI is InChI=1S/C16H17N5OS/c1-3-12-10(2)15(21-20-12)19-14(22)8-11-9-23-16(18-11)13-6-4-5-7-17-13/h4-7,9H,3,8H2,1-2H3,(H2,19,20,21,22). The highest BCUT2D eigenvalue weighted by Gasteiger charge is 2.13. The second-order valence-corrected chi connectivity index (χ2v) is 5.97. The molecule has 0 aromatic carbocycles. The summed E-state index contributed by atoms with van der Waals surface area (Å²) in [4.78, 5) is 20.9. The third-order valence-electron chi connectivity index (χ3n) is 3.50. The Morgan fingerprint density at radius 3 is 2.96 bits per heavy atom. The highest BCUT2D eigenvalue weighted by molar-refractivity contribution is 7.13. The average Bonchev–Trinajstić information content (AvgIpc) is 3.16. The van der Waals surface area contributed by atoms with Gasteiger partial charge in [-0.3, -0.25) is 14.9 Å². The Bertz CT molecular complexity index is 809. The van der Waals surface area contributed by atoms with E-state index in [0.29, 0.717) is 5.82 Å². The molecule has 6 nitrogen and oxygen atoms in total. The summed E-state index contributed by atoms with van der Waals surface area (Å²) in [6, 6.07) is 5.69. The maximum absolute atomic E-state index is 12.2. The van der Waals surface area contributed by atoms with Crippen LogP contribution in [0.5, 0.6) is 0 Å². The third-order valence-corrected chi connectivity index (χ3v) is 4.41. The van der Waals surface area contributed by atoms with Gasteiger partial charge < -0.3 is 5.32 Å². The largest absolute Gasteiger partial charge is 0.309 e. The number of nitrogens with zero attached hydrogens (tertiary/aromatic N) is 3. The number of aromatic nitrogens is 4. The molecule has 3 rings (SSSR count). The number of rotatable bonds is 5. The maximum Gasteiger partial charge on any atom is 0.231 e. The van der Waals surface area contributed by atoms with Crippen molar-refractivity contribution in [1.29, 1.82) is 0 Å². The smallest absolute Gasteiger partial charge is 0.231 e. The molecule has 118 valence electrons. The average molecular weight is 327 g/mol. The van der Waals surface area contributed by atoms with Crippen LogP contribution in [-0.4, -0.2) is 26.1 Å². The first kappa shape index (κ1) is 15.4. The Labute approximate surface area is 138 Å². The van der Waals surface area contributed by atoms with Gasteiger partial charge in [-0.25, -0.2) is 4.98 Å². The van der Waals surface area contributed by atoms with Crippen LogP contribution < -0.4 is 5.32 Å². The molecule has 0 radical (unpaired) electrons. The van der Waals surface area contributed by atoms with Crippen LogP contribution in [0.4, 0.5) is 5.82 Å². The zero-order valence-electron chi connectivity index (χ0n) is 13.0. The number of aromatic amines is 1. The minimum Gasteiger partial charge on any atom is -0.309 e. The van der Waals surface area contributed by atoms with E-state index in [1.54, 1.807) is 6.20 Å². The van der Waals surface area contributed by atoms with Crippen molar-refractivity contribution in [3.8, 4) is 10.7 Å². The van der Waals surface area contributed by atoms with E-state index in [0.717, 1.165) is 34.1 Å². The van der Waals surface area contributed by atoms with E-state index < -0.39 is 0 Å². The fourth-order valence-electron chi connectivity index (χ4n) is 2.24. The lowest BCUT2D eigenvalue weighted by Crippen LogP contribution is -2.15. The summed E-state index contributed by atoms with van der Waals surface area (Å²) < 4.78 is 0. The molecule has 0 unspecified atom stereocenters. The second-order valence-electron chi connectivity index (χ2n) is 5.11. The van der Waals surface area contributed by atoms with E-state index in [-0.39, 0.29) is 12.3 Å². The van der Waals surface area contributed by atoms with E-state index >= 15 is 0 Å². The maximum atomic E-state index is 12.2. The molecule has 3 heterocycles. The number of thiazole rings is 1. The number of hydrogen-bond donors (Lipinski definition) is 2. The number of pyridine rings is 1. The highest BCUT2D eigenvalue weighted by atomic mass is 32.1. The Kier molecular flexibility index (Phi) is 4.47. The fourth-order valence-corrected chi connectivity index (χ4v) is 3.03. The zero-order chi connectivity index (χ0) is 16.2. The lowest BCUT2D eigenvalue weighted by Gasteiger charge is -2.01. The first-order valence-electron chi connectivity index (χ1n) is 7.37. The van der Waals surface area contributed by atoms with E-state index in [1.165, 1.54) is 11.3 Å². The van der Waals surface area contributed by atoms with E-state index in [9.17, 15) is 4.79 Å². The fraction of sp³-hybridized carbons (Fsp3) is 0.250. The van der Waals surface area contributed by atoms with Gasteiger partial charge in [-0.15, -0.1) is 11.3 Å². The van der Waals surface area contributed by atoms with Crippen molar-refractivity contribution in [3.63, 3.8) is 0 Å². The van der Waals surface area contributed by atoms with Crippen LogP contribution in [0.15, 0.2) is 29.8 Å². The summed E-state index contributed by atoms with van der Waals surface area (Å²) in [6.07, 6.45) is 2.81. The van der Waals surface area contributed by atoms with Gasteiger partial charge in [0.1, 0.15) is 5.01 Å². The molecule has 0 saturated carbocycles. The Morgan fingerprint density at radius 2 is 2.26 bits per heavy atom. The number of nitrogens with one attached hydrogen (secondary N) is 2. The minimum absolute atomic E-state index is 0.125. The molecule has 0 fully saturated rings. The van der Waals surface area contributed by atoms with Crippen LogP contribution >= 0.6 is 11.3 Å². The van der Waals surface area contributed by atoms with Crippen LogP contribution in [-0.2, 0) is 17.6 Å². The molecule has 0 aliphatic carbocycles. The summed E-state index contributed by atoms with van der Waals surface area (Å²) in [6.45, 7) is 3.99. The number of carbonyl (C=O) groups is 1. The first-order valence-corrected chi connectivity index (χ1v) is 8.24. The lowest BCUT2D eigenvalue weighted by molar-refractivity contribution is -0.115. The predicted octanol–water partition coefficient (Wildman–Crippen LogP) is 2.98. The molecule has 0 atom stereocenters. The summed E-state index contributed by atoms with van der Waals surface area (Å²) >= 11 is 1.49. The van der Waals surface area contributed by atoms with Gasteiger partial charge in [-0.1, -0.05) is 13.0 Å². The molecule has 1 amide bonds. The molecular formula is C16H17N5OS. The predicted molar refractivity (Wildman–Crippen MR) is 90.4 cm³/mol. The topological polar surface area (TPSA) is 83.6 Å². The highest BCUT2D eigenvalue weighted by Crippen LogP contribution is 2.22. The quantitative estimate of drug-likeness (QED) is 0.754. The van der Waals surface area contributed by atoms with Crippen LogP contribution in [0.3, 0.4) is 0 Å². The van der Waals surface area contributed by atoms with E-state index in [4.69, 9.17) is 0 Å². The molecule has 0 saturated heterocycles. The van der Waals surface area contributed by atoms with Crippen molar-refractivity contribution >= 4 is 23.1 Å². The number of anilines is 1. The number of carbonyl (C=O) groups excluding carboxylic acids is 1. The number of amides is 1. The Morgan fingerprint density at radius 1 is 1.39 bits per heavy atom. The molecule has 7 heteroatoms. The van der Waals surface area contributed by atoms with Gasteiger partial charge in [0.2, 0.25) is 5.91 Å². The van der Waals surface area contributed by atoms with Gasteiger partial charge in [0.15, 0.2) is 5.82 Å². The number of aryl methyl sites for hydroxylation is 1. The van der Waals surface area contributed by atoms with Gasteiger partial charge in [-0.05, 0) is 25.5 Å². The molecule has 2 N–H and O–H groups in total. The van der Waals surface area contributed by atoms with E-state index in [1.807, 2.05) is 37.4 Å². The molecule has 0 aliphatic heterocycles. The van der Waals surface area contributed by atoms with Crippen LogP contribution in [0, 0.1) is 6.92 Å². The molecule has 3 aromatic rings. The van der Waals surface area contributed by atoms with Gasteiger partial charge in [0, 0.05) is 22.8 Å². The molecule has 3 aromatic heterocycles. The van der Waals surface area contributed by atoms with Crippen LogP contribution in [0.25, 0.3) is 10.7 Å². The number of hydrogen-bond acceptors (Lipinski definition) is 5. The summed E-state index contributed by atoms with van der Waals surface area (Å²) in [7, 11) is 0. The van der Waals surface area contributed by atoms with Crippen molar-refractivity contribution in [3.05, 3.63) is 46.7 Å². The first-order chi connectivity index (χ1) is 11.2. The normalized spacial score (nSPS) is 10.7. The SMILES string of the molecule is CCc1[nH]nc(NC(=O)Cc2csc(-c3ccccn3)n2)c1C. The van der Waals surface area contributed by atoms with Crippen LogP contribution in [0.2, 0.25) is 0 Å². The van der Waals surface area contributed by atoms with E-state index in [2.05, 4.69) is 25.5 Å². The summed E-state index contributed by atoms with van der Waals surface area (Å²) in [5.74, 6) is 0.465. The van der Waals surface area contributed by atoms with Crippen molar-refractivity contribution in [2.45, 2.75) is 26.7 Å². The van der Waals surface area contributed by atoms with Gasteiger partial charge >= 0.3 is 0 Å². The van der Waals surface area contributed by atoms with Crippen molar-refractivity contribution < 1.29 is 4.79 Å². The van der Waals surface area contributed by atoms with Crippen molar-refractivity contribution in [2.75, 3.05) is 5.32 Å². The van der Waals surface area contributed by atoms with Gasteiger partial charge in [0.25, 0.3) is 0 Å². The zero-order valence-corrected chi connectivity index (χ0v) is 13.8. The second kappa shape index (κ2) is 6.70. The Balaban J connectivity index is 1.66. The van der Waals surface area contributed by atoms with Crippen molar-refractivity contribution in [2.24, 2.45) is 0 Å². The number of H-pyrrole nitrogens is 1. The van der Waals surface area contributed by atoms with Crippen molar-refractivity contribution in [1.82, 2.24) is 20.2 Å². The summed E-state index contributed by atoms with van der Waals surface area (Å²) in [5, 5.41) is 12.6. The molecule has 23 heavy (non-hydrogen) atoms. The molecule has 0 aliphatic rings. The van der Waals surface area contributed by atoms with Crippen LogP contribution in [0.1, 0.15) is 23.9 Å². The Hall–Kier alpha value is -2.54. The third kappa shape index (κ3) is 3.45. The molecule has 0 spiro atoms. The minimum atomic E-state index is -0.125. The monoisotopic (exact) mass is 327 g/mol.